The van der Waals surface area contributed by atoms with Crippen molar-refractivity contribution < 1.29 is 18.7 Å². The second-order valence-electron chi connectivity index (χ2n) is 7.11. The minimum Gasteiger partial charge on any atom is -0.464 e. The van der Waals surface area contributed by atoms with Crippen LogP contribution < -0.4 is 5.32 Å². The number of hydrogen-bond acceptors (Lipinski definition) is 4. The van der Waals surface area contributed by atoms with E-state index in [1.165, 1.54) is 0 Å². The molecule has 0 aliphatic carbocycles. The van der Waals surface area contributed by atoms with Gasteiger partial charge in [-0.15, -0.1) is 0 Å². The largest absolute Gasteiger partial charge is 0.464 e. The molecule has 5 heteroatoms. The summed E-state index contributed by atoms with van der Waals surface area (Å²) < 4.78 is 10.7. The van der Waals surface area contributed by atoms with Gasteiger partial charge in [-0.25, -0.2) is 0 Å². The number of nitrogens with one attached hydrogen (secondary N) is 1. The average molecular weight is 387 g/mol. The molecule has 4 aromatic rings. The van der Waals surface area contributed by atoms with Crippen molar-refractivity contribution in [1.29, 1.82) is 0 Å². The van der Waals surface area contributed by atoms with Gasteiger partial charge in [0.25, 0.3) is 5.91 Å². The van der Waals surface area contributed by atoms with Crippen LogP contribution in [0.25, 0.3) is 21.7 Å². The molecule has 1 amide bonds. The Morgan fingerprint density at radius 3 is 2.59 bits per heavy atom. The van der Waals surface area contributed by atoms with Crippen molar-refractivity contribution in [2.75, 3.05) is 11.9 Å². The lowest BCUT2D eigenvalue weighted by molar-refractivity contribution is -0.146. The zero-order chi connectivity index (χ0) is 20.4. The van der Waals surface area contributed by atoms with E-state index >= 15 is 0 Å². The van der Waals surface area contributed by atoms with Crippen LogP contribution in [0.3, 0.4) is 0 Å². The maximum Gasteiger partial charge on any atom is 0.310 e. The summed E-state index contributed by atoms with van der Waals surface area (Å²) in [6, 6.07) is 17.4. The molecule has 4 rings (SSSR count). The lowest BCUT2D eigenvalue weighted by Gasteiger charge is -2.09. The summed E-state index contributed by atoms with van der Waals surface area (Å²) in [5.41, 5.74) is 4.44. The number of fused-ring (bicyclic) bond motifs is 2. The third-order valence-corrected chi connectivity index (χ3v) is 5.03. The molecule has 0 spiro atoms. The molecular weight excluding hydrogens is 366 g/mol. The predicted octanol–water partition coefficient (Wildman–Crippen LogP) is 4.93. The summed E-state index contributed by atoms with van der Waals surface area (Å²) in [5.74, 6) is -0.850. The van der Waals surface area contributed by atoms with Gasteiger partial charge in [0.2, 0.25) is 0 Å². The molecule has 0 bridgehead atoms. The highest BCUT2D eigenvalue weighted by atomic mass is 16.5. The molecule has 1 aromatic heterocycles. The molecule has 0 saturated carbocycles. The monoisotopic (exact) mass is 387 g/mol. The van der Waals surface area contributed by atoms with Crippen LogP contribution in [0.5, 0.6) is 0 Å². The molecule has 5 nitrogen and oxygen atoms in total. The summed E-state index contributed by atoms with van der Waals surface area (Å²) in [6.07, 6.45) is 1.62. The maximum absolute atomic E-state index is 12.3. The minimum atomic E-state index is -0.473. The minimum absolute atomic E-state index is 0.0526. The number of aryl methyl sites for hydroxylation is 2. The van der Waals surface area contributed by atoms with Crippen molar-refractivity contribution >= 4 is 39.3 Å². The van der Waals surface area contributed by atoms with Crippen LogP contribution in [0.1, 0.15) is 16.7 Å². The first-order chi connectivity index (χ1) is 14.0. The Kier molecular flexibility index (Phi) is 5.04. The van der Waals surface area contributed by atoms with Gasteiger partial charge < -0.3 is 14.5 Å². The van der Waals surface area contributed by atoms with Gasteiger partial charge in [-0.05, 0) is 48.6 Å². The highest BCUT2D eigenvalue weighted by Gasteiger charge is 2.14. The number of benzene rings is 3. The van der Waals surface area contributed by atoms with E-state index in [0.29, 0.717) is 5.69 Å². The number of rotatable bonds is 5. The summed E-state index contributed by atoms with van der Waals surface area (Å²) >= 11 is 0. The van der Waals surface area contributed by atoms with E-state index in [2.05, 4.69) is 5.32 Å². The molecule has 0 fully saturated rings. The number of furan rings is 1. The number of amides is 1. The molecule has 0 saturated heterocycles. The van der Waals surface area contributed by atoms with Crippen LogP contribution >= 0.6 is 0 Å². The SMILES string of the molecule is Cc1cc2occ(CC(=O)OCC(=O)Nc3cccc4ccccc34)c2cc1C. The average Bonchev–Trinajstić information content (AvgIpc) is 3.08. The standard InChI is InChI=1S/C24H21NO4/c1-15-10-20-18(13-28-22(20)11-16(15)2)12-24(27)29-14-23(26)25-21-9-5-7-17-6-3-4-8-19(17)21/h3-11,13H,12,14H2,1-2H3,(H,25,26). The molecule has 0 radical (unpaired) electrons. The molecule has 0 atom stereocenters. The Morgan fingerprint density at radius 1 is 0.966 bits per heavy atom. The zero-order valence-corrected chi connectivity index (χ0v) is 16.3. The molecule has 0 unspecified atom stereocenters. The number of anilines is 1. The van der Waals surface area contributed by atoms with Gasteiger partial charge >= 0.3 is 5.97 Å². The van der Waals surface area contributed by atoms with E-state index in [4.69, 9.17) is 9.15 Å². The van der Waals surface area contributed by atoms with Gasteiger partial charge in [-0.3, -0.25) is 9.59 Å². The van der Waals surface area contributed by atoms with Crippen molar-refractivity contribution in [3.63, 3.8) is 0 Å². The molecule has 1 N–H and O–H groups in total. The Labute approximate surface area is 168 Å². The molecule has 0 aliphatic heterocycles. The molecule has 3 aromatic carbocycles. The van der Waals surface area contributed by atoms with Crippen molar-refractivity contribution in [1.82, 2.24) is 0 Å². The predicted molar refractivity (Wildman–Crippen MR) is 113 cm³/mol. The molecular formula is C24H21NO4. The van der Waals surface area contributed by atoms with Crippen molar-refractivity contribution in [2.45, 2.75) is 20.3 Å². The van der Waals surface area contributed by atoms with Crippen LogP contribution in [0.2, 0.25) is 0 Å². The maximum atomic E-state index is 12.3. The van der Waals surface area contributed by atoms with Crippen molar-refractivity contribution in [2.24, 2.45) is 0 Å². The fourth-order valence-corrected chi connectivity index (χ4v) is 3.35. The van der Waals surface area contributed by atoms with Crippen LogP contribution in [0, 0.1) is 13.8 Å². The van der Waals surface area contributed by atoms with Crippen LogP contribution in [0.4, 0.5) is 5.69 Å². The topological polar surface area (TPSA) is 68.5 Å². The second-order valence-corrected chi connectivity index (χ2v) is 7.11. The van der Waals surface area contributed by atoms with Gasteiger partial charge in [-0.1, -0.05) is 36.4 Å². The number of carbonyl (C=O) groups is 2. The smallest absolute Gasteiger partial charge is 0.310 e. The van der Waals surface area contributed by atoms with E-state index in [-0.39, 0.29) is 18.9 Å². The number of ether oxygens (including phenoxy) is 1. The van der Waals surface area contributed by atoms with E-state index in [9.17, 15) is 9.59 Å². The zero-order valence-electron chi connectivity index (χ0n) is 16.3. The first-order valence-electron chi connectivity index (χ1n) is 9.42. The van der Waals surface area contributed by atoms with Gasteiger partial charge in [0.05, 0.1) is 12.7 Å². The summed E-state index contributed by atoms with van der Waals surface area (Å²) in [6.45, 7) is 3.69. The van der Waals surface area contributed by atoms with E-state index in [0.717, 1.165) is 38.4 Å². The second kappa shape index (κ2) is 7.80. The Balaban J connectivity index is 1.38. The highest BCUT2D eigenvalue weighted by molar-refractivity contribution is 6.02. The van der Waals surface area contributed by atoms with E-state index in [1.807, 2.05) is 68.4 Å². The first-order valence-corrected chi connectivity index (χ1v) is 9.42. The first kappa shape index (κ1) is 18.7. The number of hydrogen-bond donors (Lipinski definition) is 1. The summed E-state index contributed by atoms with van der Waals surface area (Å²) in [7, 11) is 0. The van der Waals surface area contributed by atoms with E-state index in [1.54, 1.807) is 6.26 Å². The van der Waals surface area contributed by atoms with Gasteiger partial charge in [0.1, 0.15) is 5.58 Å². The molecule has 0 aliphatic rings. The van der Waals surface area contributed by atoms with Crippen molar-refractivity contribution in [3.05, 3.63) is 77.6 Å². The van der Waals surface area contributed by atoms with Crippen molar-refractivity contribution in [3.8, 4) is 0 Å². The van der Waals surface area contributed by atoms with Gasteiger partial charge in [-0.2, -0.15) is 0 Å². The third-order valence-electron chi connectivity index (χ3n) is 5.03. The quantitative estimate of drug-likeness (QED) is 0.493. The Morgan fingerprint density at radius 2 is 1.72 bits per heavy atom. The van der Waals surface area contributed by atoms with Gasteiger partial charge in [0, 0.05) is 22.0 Å². The van der Waals surface area contributed by atoms with Crippen LogP contribution in [0.15, 0.2) is 65.3 Å². The fourth-order valence-electron chi connectivity index (χ4n) is 3.35. The van der Waals surface area contributed by atoms with E-state index < -0.39 is 5.97 Å². The fraction of sp³-hybridized carbons (Fsp3) is 0.167. The third kappa shape index (κ3) is 3.99. The van der Waals surface area contributed by atoms with Crippen LogP contribution in [-0.2, 0) is 20.7 Å². The van der Waals surface area contributed by atoms with Crippen LogP contribution in [-0.4, -0.2) is 18.5 Å². The lowest BCUT2D eigenvalue weighted by Crippen LogP contribution is -2.21. The summed E-state index contributed by atoms with van der Waals surface area (Å²) in [5, 5.41) is 5.66. The lowest BCUT2D eigenvalue weighted by atomic mass is 10.0. The normalized spacial score (nSPS) is 11.0. The molecule has 1 heterocycles. The Bertz CT molecular complexity index is 1220. The highest BCUT2D eigenvalue weighted by Crippen LogP contribution is 2.25. The molecule has 146 valence electrons. The number of carbonyl (C=O) groups excluding carboxylic acids is 2. The molecule has 29 heavy (non-hydrogen) atoms. The number of esters is 1. The van der Waals surface area contributed by atoms with Gasteiger partial charge in [0.15, 0.2) is 6.61 Å². The summed E-state index contributed by atoms with van der Waals surface area (Å²) in [4.78, 5) is 24.5. The Hall–Kier alpha value is -3.60.